The molecule has 3 amide bonds. The third kappa shape index (κ3) is 3.73. The van der Waals surface area contributed by atoms with Gasteiger partial charge in [0.2, 0.25) is 0 Å². The molecule has 31 heavy (non-hydrogen) atoms. The summed E-state index contributed by atoms with van der Waals surface area (Å²) in [6.45, 7) is 3.93. The van der Waals surface area contributed by atoms with E-state index in [4.69, 9.17) is 4.98 Å². The number of hydrogen-bond acceptors (Lipinski definition) is 4. The number of aromatic nitrogens is 3. The van der Waals surface area contributed by atoms with Crippen molar-refractivity contribution in [1.82, 2.24) is 24.6 Å². The monoisotopic (exact) mass is 418 g/mol. The van der Waals surface area contributed by atoms with Gasteiger partial charge >= 0.3 is 6.03 Å². The summed E-state index contributed by atoms with van der Waals surface area (Å²) in [5, 5.41) is 8.24. The van der Waals surface area contributed by atoms with Gasteiger partial charge in [0.25, 0.3) is 5.91 Å². The van der Waals surface area contributed by atoms with Crippen LogP contribution in [0.5, 0.6) is 0 Å². The van der Waals surface area contributed by atoms with Gasteiger partial charge in [0, 0.05) is 50.5 Å². The molecular weight excluding hydrogens is 392 g/mol. The number of anilines is 1. The van der Waals surface area contributed by atoms with Crippen molar-refractivity contribution in [2.75, 3.05) is 31.5 Å². The van der Waals surface area contributed by atoms with E-state index < -0.39 is 0 Å². The summed E-state index contributed by atoms with van der Waals surface area (Å²) >= 11 is 0. The third-order valence-electron chi connectivity index (χ3n) is 6.09. The molecular formula is C23H26N6O2. The number of hydrogen-bond donors (Lipinski definition) is 1. The Balaban J connectivity index is 1.33. The van der Waals surface area contributed by atoms with Crippen LogP contribution in [0.2, 0.25) is 0 Å². The fourth-order valence-electron chi connectivity index (χ4n) is 4.23. The Labute approximate surface area is 180 Å². The molecule has 3 aromatic rings. The first kappa shape index (κ1) is 19.5. The van der Waals surface area contributed by atoms with Crippen LogP contribution in [0.1, 0.15) is 40.5 Å². The largest absolute Gasteiger partial charge is 0.335 e. The van der Waals surface area contributed by atoms with Crippen molar-refractivity contribution < 1.29 is 9.59 Å². The van der Waals surface area contributed by atoms with E-state index in [9.17, 15) is 9.59 Å². The van der Waals surface area contributed by atoms with E-state index in [1.54, 1.807) is 9.58 Å². The molecule has 0 spiro atoms. The number of carbonyl (C=O) groups excluding carboxylic acids is 2. The minimum absolute atomic E-state index is 0.00600. The molecule has 5 rings (SSSR count). The number of benzene rings is 1. The van der Waals surface area contributed by atoms with Crippen LogP contribution in [-0.4, -0.2) is 62.7 Å². The smallest absolute Gasteiger partial charge is 0.321 e. The zero-order valence-electron chi connectivity index (χ0n) is 17.8. The molecule has 1 aromatic carbocycles. The summed E-state index contributed by atoms with van der Waals surface area (Å²) in [5.74, 6) is 0.443. The summed E-state index contributed by atoms with van der Waals surface area (Å²) in [6, 6.07) is 11.2. The summed E-state index contributed by atoms with van der Waals surface area (Å²) in [7, 11) is 1.87. The maximum Gasteiger partial charge on any atom is 0.321 e. The minimum Gasteiger partial charge on any atom is -0.335 e. The highest BCUT2D eigenvalue weighted by Gasteiger charge is 2.31. The summed E-state index contributed by atoms with van der Waals surface area (Å²) in [4.78, 5) is 34.4. The SMILES string of the molecule is Cc1nn(C)c2nc(C3CC3)cc(C(=O)N3CCN(C(=O)Nc4ccccc4)CC3)c12. The molecule has 2 aliphatic rings. The van der Waals surface area contributed by atoms with E-state index in [-0.39, 0.29) is 11.9 Å². The minimum atomic E-state index is -0.135. The Kier molecular flexibility index (Phi) is 4.84. The van der Waals surface area contributed by atoms with Crippen LogP contribution < -0.4 is 5.32 Å². The predicted molar refractivity (Wildman–Crippen MR) is 118 cm³/mol. The molecule has 0 bridgehead atoms. The molecule has 8 heteroatoms. The fraction of sp³-hybridized carbons (Fsp3) is 0.391. The fourth-order valence-corrected chi connectivity index (χ4v) is 4.23. The Morgan fingerprint density at radius 2 is 1.71 bits per heavy atom. The Bertz CT molecular complexity index is 1140. The van der Waals surface area contributed by atoms with Crippen LogP contribution in [0.4, 0.5) is 10.5 Å². The second kappa shape index (κ2) is 7.68. The van der Waals surface area contributed by atoms with Gasteiger partial charge in [0.05, 0.1) is 16.6 Å². The second-order valence-electron chi connectivity index (χ2n) is 8.35. The van der Waals surface area contributed by atoms with E-state index >= 15 is 0 Å². The molecule has 1 aliphatic carbocycles. The lowest BCUT2D eigenvalue weighted by Crippen LogP contribution is -2.51. The number of nitrogens with one attached hydrogen (secondary N) is 1. The van der Waals surface area contributed by atoms with E-state index in [0.717, 1.165) is 41.0 Å². The predicted octanol–water partition coefficient (Wildman–Crippen LogP) is 3.14. The van der Waals surface area contributed by atoms with Crippen molar-refractivity contribution >= 4 is 28.7 Å². The maximum absolute atomic E-state index is 13.5. The molecule has 1 aliphatic heterocycles. The molecule has 160 valence electrons. The van der Waals surface area contributed by atoms with Gasteiger partial charge in [-0.1, -0.05) is 18.2 Å². The lowest BCUT2D eigenvalue weighted by molar-refractivity contribution is 0.0673. The molecule has 0 unspecified atom stereocenters. The quantitative estimate of drug-likeness (QED) is 0.708. The number of rotatable bonds is 3. The molecule has 0 atom stereocenters. The van der Waals surface area contributed by atoms with Crippen molar-refractivity contribution in [2.45, 2.75) is 25.7 Å². The van der Waals surface area contributed by atoms with Gasteiger partial charge in [-0.05, 0) is 38.0 Å². The van der Waals surface area contributed by atoms with E-state index in [0.29, 0.717) is 37.7 Å². The van der Waals surface area contributed by atoms with E-state index in [2.05, 4.69) is 10.4 Å². The van der Waals surface area contributed by atoms with Crippen LogP contribution in [0.3, 0.4) is 0 Å². The van der Waals surface area contributed by atoms with E-state index in [1.807, 2.05) is 55.3 Å². The summed E-state index contributed by atoms with van der Waals surface area (Å²) in [5.41, 5.74) is 4.02. The average Bonchev–Trinajstić information content (AvgIpc) is 3.60. The van der Waals surface area contributed by atoms with Crippen molar-refractivity contribution in [3.63, 3.8) is 0 Å². The van der Waals surface area contributed by atoms with Gasteiger partial charge in [-0.15, -0.1) is 0 Å². The van der Waals surface area contributed by atoms with Gasteiger partial charge in [0.1, 0.15) is 0 Å². The van der Waals surface area contributed by atoms with Crippen molar-refractivity contribution in [1.29, 1.82) is 0 Å². The topological polar surface area (TPSA) is 83.4 Å². The van der Waals surface area contributed by atoms with Gasteiger partial charge in [-0.3, -0.25) is 9.48 Å². The molecule has 8 nitrogen and oxygen atoms in total. The van der Waals surface area contributed by atoms with Crippen molar-refractivity contribution in [2.24, 2.45) is 7.05 Å². The summed E-state index contributed by atoms with van der Waals surface area (Å²) < 4.78 is 1.76. The van der Waals surface area contributed by atoms with Gasteiger partial charge in [-0.25, -0.2) is 9.78 Å². The van der Waals surface area contributed by atoms with Gasteiger partial charge in [0.15, 0.2) is 5.65 Å². The molecule has 1 N–H and O–H groups in total. The van der Waals surface area contributed by atoms with Gasteiger partial charge < -0.3 is 15.1 Å². The number of fused-ring (bicyclic) bond motifs is 1. The zero-order valence-corrected chi connectivity index (χ0v) is 17.8. The number of para-hydroxylation sites is 1. The van der Waals surface area contributed by atoms with Crippen LogP contribution in [0, 0.1) is 6.92 Å². The average molecular weight is 419 g/mol. The molecule has 2 aromatic heterocycles. The first-order valence-corrected chi connectivity index (χ1v) is 10.8. The Morgan fingerprint density at radius 3 is 2.39 bits per heavy atom. The molecule has 1 saturated heterocycles. The van der Waals surface area contributed by atoms with Gasteiger partial charge in [-0.2, -0.15) is 5.10 Å². The standard InChI is InChI=1S/C23H26N6O2/c1-15-20-18(14-19(16-8-9-16)25-21(20)27(2)26-15)22(30)28-10-12-29(13-11-28)23(31)24-17-6-4-3-5-7-17/h3-7,14,16H,8-13H2,1-2H3,(H,24,31). The number of urea groups is 1. The highest BCUT2D eigenvalue weighted by atomic mass is 16.2. The van der Waals surface area contributed by atoms with Crippen molar-refractivity contribution in [3.05, 3.63) is 53.3 Å². The zero-order chi connectivity index (χ0) is 21.5. The van der Waals surface area contributed by atoms with Crippen LogP contribution in [0.15, 0.2) is 36.4 Å². The maximum atomic E-state index is 13.5. The highest BCUT2D eigenvalue weighted by molar-refractivity contribution is 6.06. The number of amides is 3. The lowest BCUT2D eigenvalue weighted by atomic mass is 10.1. The van der Waals surface area contributed by atoms with E-state index in [1.165, 1.54) is 0 Å². The summed E-state index contributed by atoms with van der Waals surface area (Å²) in [6.07, 6.45) is 2.25. The second-order valence-corrected chi connectivity index (χ2v) is 8.35. The van der Waals surface area contributed by atoms with Crippen LogP contribution in [0.25, 0.3) is 11.0 Å². The number of piperazine rings is 1. The Hall–Kier alpha value is -3.42. The first-order valence-electron chi connectivity index (χ1n) is 10.8. The van der Waals surface area contributed by atoms with Crippen molar-refractivity contribution in [3.8, 4) is 0 Å². The molecule has 2 fully saturated rings. The van der Waals surface area contributed by atoms with Crippen LogP contribution >= 0.6 is 0 Å². The normalized spacial score (nSPS) is 16.6. The lowest BCUT2D eigenvalue weighted by Gasteiger charge is -2.35. The number of carbonyl (C=O) groups is 2. The van der Waals surface area contributed by atoms with Crippen LogP contribution in [-0.2, 0) is 7.05 Å². The highest BCUT2D eigenvalue weighted by Crippen LogP contribution is 2.40. The number of nitrogens with zero attached hydrogens (tertiary/aromatic N) is 5. The Morgan fingerprint density at radius 1 is 1.03 bits per heavy atom. The molecule has 3 heterocycles. The number of aryl methyl sites for hydroxylation is 2. The third-order valence-corrected chi connectivity index (χ3v) is 6.09. The first-order chi connectivity index (χ1) is 15.0. The molecule has 0 radical (unpaired) electrons. The number of pyridine rings is 1. The molecule has 1 saturated carbocycles.